The number of nitrogens with two attached hydrogens (primary N) is 1. The predicted octanol–water partition coefficient (Wildman–Crippen LogP) is 2.61. The summed E-state index contributed by atoms with van der Waals surface area (Å²) in [6.45, 7) is -0.0358. The maximum atomic E-state index is 14.0. The average molecular weight is 314 g/mol. The zero-order valence-electron chi connectivity index (χ0n) is 11.4. The lowest BCUT2D eigenvalue weighted by atomic mass is 10.1. The number of rotatable bonds is 4. The van der Waals surface area contributed by atoms with Crippen molar-refractivity contribution in [3.05, 3.63) is 34.6 Å². The standard InChI is InChI=1S/C14H17ClFN3O2/c15-11-7-3-6-10(13(11)16)14(20)19(8-12(17)18-21)9-4-1-2-5-9/h3,6-7,9,21H,1-2,4-5,8H2,(H2,17,18). The van der Waals surface area contributed by atoms with Crippen LogP contribution in [0.2, 0.25) is 5.02 Å². The molecule has 1 saturated carbocycles. The van der Waals surface area contributed by atoms with Crippen molar-refractivity contribution < 1.29 is 14.4 Å². The van der Waals surface area contributed by atoms with Gasteiger partial charge in [0.2, 0.25) is 0 Å². The Balaban J connectivity index is 2.30. The minimum absolute atomic E-state index is 0.0313. The van der Waals surface area contributed by atoms with Crippen LogP contribution in [0.25, 0.3) is 0 Å². The molecule has 21 heavy (non-hydrogen) atoms. The molecule has 1 aromatic rings. The summed E-state index contributed by atoms with van der Waals surface area (Å²) in [5.41, 5.74) is 5.41. The first kappa shape index (κ1) is 15.6. The van der Waals surface area contributed by atoms with Crippen LogP contribution in [0.1, 0.15) is 36.0 Å². The Bertz CT molecular complexity index is 559. The zero-order chi connectivity index (χ0) is 15.4. The summed E-state index contributed by atoms with van der Waals surface area (Å²) in [6, 6.07) is 4.26. The van der Waals surface area contributed by atoms with E-state index < -0.39 is 11.7 Å². The van der Waals surface area contributed by atoms with Gasteiger partial charge >= 0.3 is 0 Å². The molecule has 1 fully saturated rings. The molecule has 0 heterocycles. The summed E-state index contributed by atoms with van der Waals surface area (Å²) in [4.78, 5) is 14.0. The number of benzene rings is 1. The molecule has 0 aromatic heterocycles. The number of amidine groups is 1. The lowest BCUT2D eigenvalue weighted by molar-refractivity contribution is 0.0707. The van der Waals surface area contributed by atoms with Crippen LogP contribution in [-0.2, 0) is 0 Å². The molecule has 1 amide bonds. The van der Waals surface area contributed by atoms with Crippen molar-refractivity contribution in [2.24, 2.45) is 10.9 Å². The van der Waals surface area contributed by atoms with E-state index in [1.807, 2.05) is 0 Å². The molecule has 0 bridgehead atoms. The highest BCUT2D eigenvalue weighted by Crippen LogP contribution is 2.26. The van der Waals surface area contributed by atoms with Gasteiger partial charge in [-0.3, -0.25) is 4.79 Å². The summed E-state index contributed by atoms with van der Waals surface area (Å²) >= 11 is 5.72. The molecular formula is C14H17ClFN3O2. The molecule has 2 rings (SSSR count). The van der Waals surface area contributed by atoms with Gasteiger partial charge in [-0.05, 0) is 25.0 Å². The maximum Gasteiger partial charge on any atom is 0.257 e. The minimum Gasteiger partial charge on any atom is -0.409 e. The second kappa shape index (κ2) is 6.76. The topological polar surface area (TPSA) is 78.9 Å². The average Bonchev–Trinajstić information content (AvgIpc) is 3.00. The fourth-order valence-corrected chi connectivity index (χ4v) is 2.79. The fourth-order valence-electron chi connectivity index (χ4n) is 2.61. The lowest BCUT2D eigenvalue weighted by Gasteiger charge is -2.28. The van der Waals surface area contributed by atoms with Crippen LogP contribution in [0.4, 0.5) is 4.39 Å². The van der Waals surface area contributed by atoms with Gasteiger partial charge in [0, 0.05) is 6.04 Å². The second-order valence-corrected chi connectivity index (χ2v) is 5.47. The van der Waals surface area contributed by atoms with E-state index in [1.54, 1.807) is 0 Å². The Morgan fingerprint density at radius 3 is 2.76 bits per heavy atom. The zero-order valence-corrected chi connectivity index (χ0v) is 12.2. The van der Waals surface area contributed by atoms with Gasteiger partial charge in [0.15, 0.2) is 11.7 Å². The third-order valence-electron chi connectivity index (χ3n) is 3.67. The minimum atomic E-state index is -0.744. The third kappa shape index (κ3) is 3.44. The molecule has 0 aliphatic heterocycles. The van der Waals surface area contributed by atoms with Gasteiger partial charge in [-0.15, -0.1) is 0 Å². The number of amides is 1. The first-order valence-electron chi connectivity index (χ1n) is 6.76. The fraction of sp³-hybridized carbons (Fsp3) is 0.429. The van der Waals surface area contributed by atoms with Gasteiger partial charge in [-0.25, -0.2) is 4.39 Å². The summed E-state index contributed by atoms with van der Waals surface area (Å²) in [5.74, 6) is -1.32. The molecule has 5 nitrogen and oxygen atoms in total. The lowest BCUT2D eigenvalue weighted by Crippen LogP contribution is -2.44. The monoisotopic (exact) mass is 313 g/mol. The number of carbonyl (C=O) groups is 1. The molecule has 0 radical (unpaired) electrons. The van der Waals surface area contributed by atoms with Gasteiger partial charge in [0.1, 0.15) is 0 Å². The van der Waals surface area contributed by atoms with E-state index in [1.165, 1.54) is 23.1 Å². The quantitative estimate of drug-likeness (QED) is 0.388. The first-order valence-corrected chi connectivity index (χ1v) is 7.13. The van der Waals surface area contributed by atoms with Crippen LogP contribution < -0.4 is 5.73 Å². The molecule has 0 saturated heterocycles. The number of oxime groups is 1. The van der Waals surface area contributed by atoms with Gasteiger partial charge < -0.3 is 15.8 Å². The molecule has 1 aliphatic carbocycles. The van der Waals surface area contributed by atoms with Crippen LogP contribution in [0.5, 0.6) is 0 Å². The molecule has 0 atom stereocenters. The number of nitrogens with zero attached hydrogens (tertiary/aromatic N) is 2. The number of hydrogen-bond acceptors (Lipinski definition) is 3. The summed E-state index contributed by atoms with van der Waals surface area (Å²) in [5, 5.41) is 11.5. The van der Waals surface area contributed by atoms with Gasteiger partial charge in [0.05, 0.1) is 17.1 Å². The predicted molar refractivity (Wildman–Crippen MR) is 78.1 cm³/mol. The van der Waals surface area contributed by atoms with E-state index in [0.717, 1.165) is 25.7 Å². The Kier molecular flexibility index (Phi) is 5.01. The Hall–Kier alpha value is -1.82. The van der Waals surface area contributed by atoms with E-state index in [2.05, 4.69) is 5.16 Å². The molecule has 7 heteroatoms. The van der Waals surface area contributed by atoms with Crippen molar-refractivity contribution in [1.82, 2.24) is 4.90 Å². The van der Waals surface area contributed by atoms with Crippen LogP contribution >= 0.6 is 11.6 Å². The Morgan fingerprint density at radius 2 is 2.14 bits per heavy atom. The smallest absolute Gasteiger partial charge is 0.257 e. The van der Waals surface area contributed by atoms with Crippen molar-refractivity contribution in [1.29, 1.82) is 0 Å². The summed E-state index contributed by atoms with van der Waals surface area (Å²) in [7, 11) is 0. The first-order chi connectivity index (χ1) is 10.0. The molecule has 1 aromatic carbocycles. The molecule has 1 aliphatic rings. The van der Waals surface area contributed by atoms with Crippen LogP contribution in [-0.4, -0.2) is 34.4 Å². The maximum absolute atomic E-state index is 14.0. The number of halogens is 2. The van der Waals surface area contributed by atoms with E-state index in [9.17, 15) is 9.18 Å². The van der Waals surface area contributed by atoms with Gasteiger partial charge in [-0.2, -0.15) is 0 Å². The van der Waals surface area contributed by atoms with Crippen molar-refractivity contribution in [2.75, 3.05) is 6.54 Å². The number of carbonyl (C=O) groups excluding carboxylic acids is 1. The van der Waals surface area contributed by atoms with E-state index >= 15 is 0 Å². The van der Waals surface area contributed by atoms with Crippen molar-refractivity contribution in [3.63, 3.8) is 0 Å². The van der Waals surface area contributed by atoms with E-state index in [4.69, 9.17) is 22.5 Å². The van der Waals surface area contributed by atoms with Crippen LogP contribution in [0, 0.1) is 5.82 Å². The van der Waals surface area contributed by atoms with Crippen molar-refractivity contribution in [2.45, 2.75) is 31.7 Å². The number of hydrogen-bond donors (Lipinski definition) is 2. The van der Waals surface area contributed by atoms with Crippen LogP contribution in [0.3, 0.4) is 0 Å². The highest BCUT2D eigenvalue weighted by molar-refractivity contribution is 6.31. The second-order valence-electron chi connectivity index (χ2n) is 5.06. The highest BCUT2D eigenvalue weighted by Gasteiger charge is 2.30. The summed E-state index contributed by atoms with van der Waals surface area (Å²) < 4.78 is 14.0. The SMILES string of the molecule is N/C(CN(C(=O)c1cccc(Cl)c1F)C1CCCC1)=N/O. The molecule has 114 valence electrons. The van der Waals surface area contributed by atoms with Crippen molar-refractivity contribution in [3.8, 4) is 0 Å². The van der Waals surface area contributed by atoms with Crippen molar-refractivity contribution >= 4 is 23.3 Å². The molecule has 0 spiro atoms. The largest absolute Gasteiger partial charge is 0.409 e. The third-order valence-corrected chi connectivity index (χ3v) is 3.96. The van der Waals surface area contributed by atoms with E-state index in [0.29, 0.717) is 0 Å². The summed E-state index contributed by atoms with van der Waals surface area (Å²) in [6.07, 6.45) is 3.66. The molecule has 3 N–H and O–H groups in total. The Labute approximate surface area is 127 Å². The molecular weight excluding hydrogens is 297 g/mol. The Morgan fingerprint density at radius 1 is 1.48 bits per heavy atom. The van der Waals surface area contributed by atoms with Gasteiger partial charge in [-0.1, -0.05) is 35.7 Å². The van der Waals surface area contributed by atoms with Gasteiger partial charge in [0.25, 0.3) is 5.91 Å². The molecule has 0 unspecified atom stereocenters. The highest BCUT2D eigenvalue weighted by atomic mass is 35.5. The van der Waals surface area contributed by atoms with Crippen LogP contribution in [0.15, 0.2) is 23.4 Å². The van der Waals surface area contributed by atoms with E-state index in [-0.39, 0.29) is 29.0 Å². The normalized spacial score (nSPS) is 16.2.